The van der Waals surface area contributed by atoms with E-state index in [4.69, 9.17) is 22.3 Å². The van der Waals surface area contributed by atoms with E-state index < -0.39 is 60.2 Å². The Morgan fingerprint density at radius 3 is 2.20 bits per heavy atom. The smallest absolute Gasteiger partial charge is 0.326 e. The Morgan fingerprint density at radius 2 is 1.66 bits per heavy atom. The van der Waals surface area contributed by atoms with E-state index in [1.54, 1.807) is 13.8 Å². The van der Waals surface area contributed by atoms with Gasteiger partial charge in [-0.2, -0.15) is 0 Å². The van der Waals surface area contributed by atoms with Gasteiger partial charge in [-0.15, -0.1) is 0 Å². The van der Waals surface area contributed by atoms with Gasteiger partial charge in [-0.25, -0.2) is 4.79 Å². The quantitative estimate of drug-likeness (QED) is 0.0781. The summed E-state index contributed by atoms with van der Waals surface area (Å²) < 4.78 is 0. The molecule has 198 valence electrons. The van der Waals surface area contributed by atoms with Gasteiger partial charge in [0.25, 0.3) is 0 Å². The fraction of sp³-hybridized carbons (Fsp3) is 0.714. The molecule has 0 spiro atoms. The summed E-state index contributed by atoms with van der Waals surface area (Å²) >= 11 is 0. The number of guanidine groups is 1. The molecule has 1 aliphatic rings. The lowest BCUT2D eigenvalue weighted by Gasteiger charge is -2.29. The summed E-state index contributed by atoms with van der Waals surface area (Å²) in [5.41, 5.74) is 16.5. The third kappa shape index (κ3) is 9.76. The Morgan fingerprint density at radius 1 is 1.03 bits per heavy atom. The van der Waals surface area contributed by atoms with Gasteiger partial charge in [0.05, 0.1) is 6.04 Å². The van der Waals surface area contributed by atoms with Crippen LogP contribution >= 0.6 is 0 Å². The summed E-state index contributed by atoms with van der Waals surface area (Å²) in [5, 5.41) is 23.5. The number of aliphatic carboxylic acids is 2. The fourth-order valence-electron chi connectivity index (χ4n) is 3.63. The highest BCUT2D eigenvalue weighted by molar-refractivity contribution is 5.94. The monoisotopic (exact) mass is 499 g/mol. The molecule has 10 N–H and O–H groups in total. The van der Waals surface area contributed by atoms with Gasteiger partial charge in [-0.1, -0.05) is 13.8 Å². The van der Waals surface area contributed by atoms with Crippen molar-refractivity contribution in [3.63, 3.8) is 0 Å². The molecule has 0 aliphatic carbocycles. The van der Waals surface area contributed by atoms with Crippen molar-refractivity contribution in [1.82, 2.24) is 15.5 Å². The van der Waals surface area contributed by atoms with Crippen molar-refractivity contribution in [3.05, 3.63) is 0 Å². The summed E-state index contributed by atoms with van der Waals surface area (Å²) in [6, 6.07) is -4.32. The number of aliphatic imine (C=N–C) groups is 1. The minimum atomic E-state index is -1.26. The minimum Gasteiger partial charge on any atom is -0.481 e. The van der Waals surface area contributed by atoms with Crippen LogP contribution in [0.1, 0.15) is 52.4 Å². The topological polar surface area (TPSA) is 244 Å². The molecule has 4 atom stereocenters. The van der Waals surface area contributed by atoms with Gasteiger partial charge in [-0.3, -0.25) is 24.2 Å². The van der Waals surface area contributed by atoms with Gasteiger partial charge in [0, 0.05) is 19.5 Å². The van der Waals surface area contributed by atoms with Crippen molar-refractivity contribution in [3.8, 4) is 0 Å². The summed E-state index contributed by atoms with van der Waals surface area (Å²) in [4.78, 5) is 66.3. The Kier molecular flexibility index (Phi) is 11.9. The Balaban J connectivity index is 3.07. The van der Waals surface area contributed by atoms with E-state index in [0.717, 1.165) is 0 Å². The number of amides is 3. The predicted octanol–water partition coefficient (Wildman–Crippen LogP) is -2.07. The van der Waals surface area contributed by atoms with Crippen LogP contribution in [0.15, 0.2) is 4.99 Å². The van der Waals surface area contributed by atoms with Crippen molar-refractivity contribution >= 4 is 35.6 Å². The SMILES string of the molecule is CC(C)C(N)C(=O)NC(CCC(=O)O)C(=O)NC(CCCN=C(N)N)C(=O)N1CCCC1C(=O)O. The molecule has 1 heterocycles. The first kappa shape index (κ1) is 29.6. The van der Waals surface area contributed by atoms with Crippen LogP contribution in [0.3, 0.4) is 0 Å². The maximum Gasteiger partial charge on any atom is 0.326 e. The van der Waals surface area contributed by atoms with Gasteiger partial charge in [0.15, 0.2) is 5.96 Å². The Hall–Kier alpha value is -3.42. The molecular formula is C21H37N7O7. The van der Waals surface area contributed by atoms with Gasteiger partial charge in [0.2, 0.25) is 17.7 Å². The molecule has 35 heavy (non-hydrogen) atoms. The maximum atomic E-state index is 13.2. The van der Waals surface area contributed by atoms with Crippen molar-refractivity contribution in [1.29, 1.82) is 0 Å². The number of rotatable bonds is 14. The Labute approximate surface area is 203 Å². The lowest BCUT2D eigenvalue weighted by Crippen LogP contribution is -2.57. The molecule has 14 nitrogen and oxygen atoms in total. The Bertz CT molecular complexity index is 814. The average Bonchev–Trinajstić information content (AvgIpc) is 3.27. The minimum absolute atomic E-state index is 0.0926. The normalized spacial score (nSPS) is 17.8. The molecule has 0 aromatic carbocycles. The van der Waals surface area contributed by atoms with E-state index in [1.165, 1.54) is 4.90 Å². The van der Waals surface area contributed by atoms with E-state index in [9.17, 15) is 29.1 Å². The van der Waals surface area contributed by atoms with E-state index in [0.29, 0.717) is 19.3 Å². The first-order valence-electron chi connectivity index (χ1n) is 11.5. The summed E-state index contributed by atoms with van der Waals surface area (Å²) in [6.45, 7) is 3.83. The van der Waals surface area contributed by atoms with E-state index in [2.05, 4.69) is 15.6 Å². The van der Waals surface area contributed by atoms with Crippen molar-refractivity contribution < 1.29 is 34.2 Å². The number of nitrogens with two attached hydrogens (primary N) is 3. The first-order valence-corrected chi connectivity index (χ1v) is 11.5. The highest BCUT2D eigenvalue weighted by Crippen LogP contribution is 2.20. The standard InChI is InChI=1S/C21H37N7O7/c1-11(2)16(22)18(32)26-12(7-8-15(29)30)17(31)27-13(5-3-9-25-21(23)24)19(33)28-10-4-6-14(28)20(34)35/h11-14,16H,3-10,22H2,1-2H3,(H,26,32)(H,27,31)(H,29,30)(H,34,35)(H4,23,24,25). The van der Waals surface area contributed by atoms with Gasteiger partial charge >= 0.3 is 11.9 Å². The zero-order chi connectivity index (χ0) is 26.7. The molecular weight excluding hydrogens is 462 g/mol. The molecule has 1 fully saturated rings. The molecule has 14 heteroatoms. The lowest BCUT2D eigenvalue weighted by molar-refractivity contribution is -0.149. The number of nitrogens with one attached hydrogen (secondary N) is 2. The van der Waals surface area contributed by atoms with Crippen LogP contribution in [0, 0.1) is 5.92 Å². The van der Waals surface area contributed by atoms with Gasteiger partial charge < -0.3 is 42.9 Å². The van der Waals surface area contributed by atoms with Crippen LogP contribution in [-0.4, -0.2) is 88.0 Å². The zero-order valence-electron chi connectivity index (χ0n) is 20.1. The number of likely N-dealkylation sites (tertiary alicyclic amines) is 1. The summed E-state index contributed by atoms with van der Waals surface area (Å²) in [7, 11) is 0. The second-order valence-electron chi connectivity index (χ2n) is 8.80. The number of nitrogens with zero attached hydrogens (tertiary/aromatic N) is 2. The lowest BCUT2D eigenvalue weighted by atomic mass is 10.0. The molecule has 3 amide bonds. The largest absolute Gasteiger partial charge is 0.481 e. The second kappa shape index (κ2) is 14.1. The molecule has 0 saturated carbocycles. The first-order chi connectivity index (χ1) is 16.3. The molecule has 1 saturated heterocycles. The number of carboxylic acids is 2. The number of carbonyl (C=O) groups excluding carboxylic acids is 3. The van der Waals surface area contributed by atoms with Crippen molar-refractivity contribution in [2.24, 2.45) is 28.1 Å². The van der Waals surface area contributed by atoms with Crippen LogP contribution < -0.4 is 27.8 Å². The molecule has 4 unspecified atom stereocenters. The molecule has 1 rings (SSSR count). The molecule has 1 aliphatic heterocycles. The van der Waals surface area contributed by atoms with Crippen LogP contribution in [0.5, 0.6) is 0 Å². The third-order valence-electron chi connectivity index (χ3n) is 5.68. The zero-order valence-corrected chi connectivity index (χ0v) is 20.1. The number of carboxylic acid groups (broad SMARTS) is 2. The van der Waals surface area contributed by atoms with Crippen LogP contribution in [0.2, 0.25) is 0 Å². The maximum absolute atomic E-state index is 13.2. The highest BCUT2D eigenvalue weighted by Gasteiger charge is 2.38. The summed E-state index contributed by atoms with van der Waals surface area (Å²) in [6.07, 6.45) is 0.543. The van der Waals surface area contributed by atoms with Gasteiger partial charge in [0.1, 0.15) is 18.1 Å². The van der Waals surface area contributed by atoms with Gasteiger partial charge in [-0.05, 0) is 38.0 Å². The van der Waals surface area contributed by atoms with Crippen molar-refractivity contribution in [2.75, 3.05) is 13.1 Å². The predicted molar refractivity (Wildman–Crippen MR) is 126 cm³/mol. The van der Waals surface area contributed by atoms with Crippen LogP contribution in [0.25, 0.3) is 0 Å². The average molecular weight is 500 g/mol. The number of carbonyl (C=O) groups is 5. The summed E-state index contributed by atoms with van der Waals surface area (Å²) in [5.74, 6) is -4.68. The molecule has 0 aromatic heterocycles. The second-order valence-corrected chi connectivity index (χ2v) is 8.80. The van der Waals surface area contributed by atoms with Crippen molar-refractivity contribution in [2.45, 2.75) is 76.5 Å². The van der Waals surface area contributed by atoms with E-state index in [-0.39, 0.29) is 37.8 Å². The van der Waals surface area contributed by atoms with Crippen LogP contribution in [-0.2, 0) is 24.0 Å². The fourth-order valence-corrected chi connectivity index (χ4v) is 3.63. The molecule has 0 aromatic rings. The molecule has 0 bridgehead atoms. The van der Waals surface area contributed by atoms with E-state index in [1.807, 2.05) is 0 Å². The van der Waals surface area contributed by atoms with E-state index >= 15 is 0 Å². The number of hydrogen-bond acceptors (Lipinski definition) is 7. The van der Waals surface area contributed by atoms with Crippen LogP contribution in [0.4, 0.5) is 0 Å². The highest BCUT2D eigenvalue weighted by atomic mass is 16.4. The number of hydrogen-bond donors (Lipinski definition) is 7. The third-order valence-corrected chi connectivity index (χ3v) is 5.68. The molecule has 0 radical (unpaired) electrons.